The van der Waals surface area contributed by atoms with E-state index in [1.54, 1.807) is 11.9 Å². The number of carbonyl (C=O) groups excluding carboxylic acids is 2. The molecule has 3 aliphatic heterocycles. The Labute approximate surface area is 165 Å². The van der Waals surface area contributed by atoms with E-state index in [1.165, 1.54) is 34.2 Å². The van der Waals surface area contributed by atoms with Crippen molar-refractivity contribution in [1.29, 1.82) is 0 Å². The molecule has 2 fully saturated rings. The first kappa shape index (κ1) is 19.4. The van der Waals surface area contributed by atoms with Crippen LogP contribution in [-0.2, 0) is 16.1 Å². The first-order chi connectivity index (χ1) is 13.8. The van der Waals surface area contributed by atoms with Crippen LogP contribution in [0.2, 0.25) is 0 Å². The van der Waals surface area contributed by atoms with E-state index < -0.39 is 35.6 Å². The lowest BCUT2D eigenvalue weighted by Crippen LogP contribution is -2.57. The first-order valence-corrected chi connectivity index (χ1v) is 9.23. The Morgan fingerprint density at radius 3 is 2.62 bits per heavy atom. The molecule has 154 valence electrons. The lowest BCUT2D eigenvalue weighted by Gasteiger charge is -2.44. The number of hydrogen-bond donors (Lipinski definition) is 4. The zero-order valence-electron chi connectivity index (χ0n) is 15.7. The van der Waals surface area contributed by atoms with E-state index in [1.807, 2.05) is 0 Å². The van der Waals surface area contributed by atoms with Gasteiger partial charge in [0.05, 0.1) is 24.5 Å². The van der Waals surface area contributed by atoms with Gasteiger partial charge < -0.3 is 25.5 Å². The van der Waals surface area contributed by atoms with E-state index in [2.05, 4.69) is 5.32 Å². The Balaban J connectivity index is 1.65. The van der Waals surface area contributed by atoms with Crippen LogP contribution in [0.4, 0.5) is 4.39 Å². The number of halogens is 1. The van der Waals surface area contributed by atoms with Crippen LogP contribution < -0.4 is 5.32 Å². The molecule has 2 unspecified atom stereocenters. The minimum absolute atomic E-state index is 0.0578. The van der Waals surface area contributed by atoms with E-state index >= 15 is 0 Å². The number of carbonyl (C=O) groups is 2. The molecule has 9 nitrogen and oxygen atoms in total. The third-order valence-corrected chi connectivity index (χ3v) is 5.29. The molecule has 29 heavy (non-hydrogen) atoms. The third-order valence-electron chi connectivity index (χ3n) is 5.29. The zero-order chi connectivity index (χ0) is 20.9. The molecule has 0 spiro atoms. The topological polar surface area (TPSA) is 117 Å². The summed E-state index contributed by atoms with van der Waals surface area (Å²) in [5.74, 6) is -2.23. The number of likely N-dealkylation sites (N-methyl/N-ethyl adjacent to an activating group) is 1. The van der Waals surface area contributed by atoms with Crippen LogP contribution in [0, 0.1) is 5.82 Å². The van der Waals surface area contributed by atoms with Crippen molar-refractivity contribution in [2.75, 3.05) is 19.8 Å². The van der Waals surface area contributed by atoms with Crippen molar-refractivity contribution in [2.24, 2.45) is 0 Å². The van der Waals surface area contributed by atoms with Gasteiger partial charge in [0, 0.05) is 13.1 Å². The molecule has 0 aliphatic carbocycles. The van der Waals surface area contributed by atoms with Crippen LogP contribution in [0.3, 0.4) is 0 Å². The number of aliphatic hydroxyl groups is 3. The molecule has 3 heterocycles. The Morgan fingerprint density at radius 2 is 1.97 bits per heavy atom. The number of hydrazine groups is 1. The highest BCUT2D eigenvalue weighted by atomic mass is 19.1. The van der Waals surface area contributed by atoms with Crippen molar-refractivity contribution in [1.82, 2.24) is 20.2 Å². The molecule has 1 aromatic carbocycles. The Hall–Kier alpha value is -2.95. The number of nitrogens with zero attached hydrogens (tertiary/aromatic N) is 3. The average Bonchev–Trinajstić information content (AvgIpc) is 3.02. The highest BCUT2D eigenvalue weighted by Crippen LogP contribution is 2.40. The lowest BCUT2D eigenvalue weighted by molar-refractivity contribution is -0.144. The summed E-state index contributed by atoms with van der Waals surface area (Å²) in [6, 6.07) is 5.54. The molecule has 0 saturated carbocycles. The van der Waals surface area contributed by atoms with Crippen molar-refractivity contribution in [3.63, 3.8) is 0 Å². The summed E-state index contributed by atoms with van der Waals surface area (Å²) in [5, 5.41) is 37.2. The summed E-state index contributed by atoms with van der Waals surface area (Å²) in [5.41, 5.74) is 0.329. The van der Waals surface area contributed by atoms with Gasteiger partial charge in [-0.1, -0.05) is 12.1 Å². The normalized spacial score (nSPS) is 24.3. The minimum atomic E-state index is -1.75. The van der Waals surface area contributed by atoms with Gasteiger partial charge in [-0.15, -0.1) is 0 Å². The summed E-state index contributed by atoms with van der Waals surface area (Å²) < 4.78 is 13.0. The van der Waals surface area contributed by atoms with Gasteiger partial charge in [-0.3, -0.25) is 14.6 Å². The fourth-order valence-electron chi connectivity index (χ4n) is 3.83. The third kappa shape index (κ3) is 3.05. The second-order valence-electron chi connectivity index (χ2n) is 7.06. The predicted molar refractivity (Wildman–Crippen MR) is 97.7 cm³/mol. The maximum absolute atomic E-state index is 13.0. The van der Waals surface area contributed by atoms with Crippen molar-refractivity contribution in [2.45, 2.75) is 25.7 Å². The molecule has 4 rings (SSSR count). The molecule has 0 radical (unpaired) electrons. The second kappa shape index (κ2) is 7.14. The molecule has 10 heteroatoms. The van der Waals surface area contributed by atoms with E-state index in [-0.39, 0.29) is 36.7 Å². The number of hydrogen-bond acceptors (Lipinski definition) is 7. The van der Waals surface area contributed by atoms with Gasteiger partial charge >= 0.3 is 0 Å². The van der Waals surface area contributed by atoms with Crippen LogP contribution in [0.5, 0.6) is 0 Å². The number of benzene rings is 1. The van der Waals surface area contributed by atoms with Crippen LogP contribution in [-0.4, -0.2) is 74.0 Å². The SMILES string of the molecule is CCN1CN2CC(O)C3=C(C(=O)NCc4ccc(F)cc4)C(O)C(O)=C(C1=O)N32. The number of amides is 2. The van der Waals surface area contributed by atoms with Crippen LogP contribution >= 0.6 is 0 Å². The smallest absolute Gasteiger partial charge is 0.276 e. The van der Waals surface area contributed by atoms with Crippen molar-refractivity contribution in [3.8, 4) is 0 Å². The molecular weight excluding hydrogens is 383 g/mol. The zero-order valence-corrected chi connectivity index (χ0v) is 15.7. The first-order valence-electron chi connectivity index (χ1n) is 9.23. The molecule has 3 aliphatic rings. The fourth-order valence-corrected chi connectivity index (χ4v) is 3.83. The Morgan fingerprint density at radius 1 is 1.28 bits per heavy atom. The summed E-state index contributed by atoms with van der Waals surface area (Å²) in [6.45, 7) is 2.52. The molecule has 0 aromatic heterocycles. The van der Waals surface area contributed by atoms with Crippen LogP contribution in [0.1, 0.15) is 12.5 Å². The maximum Gasteiger partial charge on any atom is 0.276 e. The van der Waals surface area contributed by atoms with Gasteiger partial charge in [0.2, 0.25) is 0 Å². The average molecular weight is 404 g/mol. The highest BCUT2D eigenvalue weighted by Gasteiger charge is 2.52. The maximum atomic E-state index is 13.0. The second-order valence-corrected chi connectivity index (χ2v) is 7.06. The van der Waals surface area contributed by atoms with Crippen molar-refractivity contribution >= 4 is 11.8 Å². The molecular formula is C19H21FN4O5. The summed E-state index contributed by atoms with van der Waals surface area (Å²) in [6.07, 6.45) is -2.87. The summed E-state index contributed by atoms with van der Waals surface area (Å²) in [7, 11) is 0. The summed E-state index contributed by atoms with van der Waals surface area (Å²) >= 11 is 0. The molecule has 0 bridgehead atoms. The summed E-state index contributed by atoms with van der Waals surface area (Å²) in [4.78, 5) is 27.0. The highest BCUT2D eigenvalue weighted by molar-refractivity contribution is 6.00. The van der Waals surface area contributed by atoms with Crippen LogP contribution in [0.15, 0.2) is 47.0 Å². The molecule has 2 saturated heterocycles. The molecule has 2 amide bonds. The molecule has 4 N–H and O–H groups in total. The monoisotopic (exact) mass is 404 g/mol. The van der Waals surface area contributed by atoms with Gasteiger partial charge in [0.1, 0.15) is 18.0 Å². The number of rotatable bonds is 4. The van der Waals surface area contributed by atoms with Gasteiger partial charge in [-0.25, -0.2) is 4.39 Å². The van der Waals surface area contributed by atoms with Gasteiger partial charge in [0.25, 0.3) is 11.8 Å². The largest absolute Gasteiger partial charge is 0.507 e. The number of aliphatic hydroxyl groups excluding tert-OH is 3. The number of nitrogens with one attached hydrogen (secondary N) is 1. The van der Waals surface area contributed by atoms with E-state index in [0.717, 1.165) is 0 Å². The van der Waals surface area contributed by atoms with E-state index in [4.69, 9.17) is 0 Å². The van der Waals surface area contributed by atoms with Gasteiger partial charge in [-0.05, 0) is 24.6 Å². The van der Waals surface area contributed by atoms with Gasteiger partial charge in [0.15, 0.2) is 11.5 Å². The van der Waals surface area contributed by atoms with E-state index in [9.17, 15) is 29.3 Å². The fraction of sp³-hybridized carbons (Fsp3) is 0.368. The Kier molecular flexibility index (Phi) is 4.77. The predicted octanol–water partition coefficient (Wildman–Crippen LogP) is -0.447. The quantitative estimate of drug-likeness (QED) is 0.537. The van der Waals surface area contributed by atoms with Crippen LogP contribution in [0.25, 0.3) is 0 Å². The lowest BCUT2D eigenvalue weighted by atomic mass is 9.96. The Bertz CT molecular complexity index is 929. The molecule has 1 aromatic rings. The van der Waals surface area contributed by atoms with Gasteiger partial charge in [-0.2, -0.15) is 5.01 Å². The minimum Gasteiger partial charge on any atom is -0.507 e. The van der Waals surface area contributed by atoms with Crippen molar-refractivity contribution < 1.29 is 29.3 Å². The molecule has 2 atom stereocenters. The van der Waals surface area contributed by atoms with E-state index in [0.29, 0.717) is 12.1 Å². The standard InChI is InChI=1S/C19H21FN4O5/c1-2-22-9-23-8-12(25)14-13(16(26)17(27)15(19(22)29)24(14)23)18(28)21-7-10-3-5-11(20)6-4-10/h3-6,12,16,25-27H,2,7-9H2,1H3,(H,21,28). The van der Waals surface area contributed by atoms with Crippen molar-refractivity contribution in [3.05, 3.63) is 58.4 Å².